The number of likely N-dealkylation sites (tertiary alicyclic amines) is 1. The standard InChI is InChI=1S/C24H38N2O5/c1-30-15-9-14-26-20-12-7-4-8-13-24(20,23(29)31-2)19(22(26)28)16-21(27)25-17-18-10-5-3-6-11-18/h12,18-19H,3-11,13-17H2,1-2H3,(H,25,27)/t19-,24+/m0/s1. The van der Waals surface area contributed by atoms with Crippen molar-refractivity contribution < 1.29 is 23.9 Å². The molecule has 3 rings (SSSR count). The maximum atomic E-state index is 13.5. The van der Waals surface area contributed by atoms with Gasteiger partial charge in [-0.15, -0.1) is 0 Å². The van der Waals surface area contributed by atoms with E-state index in [0.717, 1.165) is 37.8 Å². The minimum atomic E-state index is -1.06. The van der Waals surface area contributed by atoms with Gasteiger partial charge in [0.15, 0.2) is 0 Å². The molecule has 7 nitrogen and oxygen atoms in total. The lowest BCUT2D eigenvalue weighted by Crippen LogP contribution is -2.42. The van der Waals surface area contributed by atoms with Gasteiger partial charge in [0.1, 0.15) is 5.41 Å². The summed E-state index contributed by atoms with van der Waals surface area (Å²) in [4.78, 5) is 41.3. The van der Waals surface area contributed by atoms with Crippen LogP contribution in [0.3, 0.4) is 0 Å². The highest BCUT2D eigenvalue weighted by molar-refractivity contribution is 5.98. The summed E-state index contributed by atoms with van der Waals surface area (Å²) in [5.41, 5.74) is -0.319. The minimum absolute atomic E-state index is 0.0266. The summed E-state index contributed by atoms with van der Waals surface area (Å²) in [7, 11) is 3.01. The summed E-state index contributed by atoms with van der Waals surface area (Å²) >= 11 is 0. The number of allylic oxidation sites excluding steroid dienone is 1. The topological polar surface area (TPSA) is 84.9 Å². The maximum absolute atomic E-state index is 13.5. The molecule has 2 amide bonds. The average molecular weight is 435 g/mol. The molecular formula is C24H38N2O5. The molecule has 3 aliphatic rings. The van der Waals surface area contributed by atoms with Gasteiger partial charge >= 0.3 is 5.97 Å². The molecule has 0 aromatic heterocycles. The third-order valence-electron chi connectivity index (χ3n) is 7.25. The van der Waals surface area contributed by atoms with Gasteiger partial charge in [0, 0.05) is 38.9 Å². The lowest BCUT2D eigenvalue weighted by molar-refractivity contribution is -0.155. The van der Waals surface area contributed by atoms with Crippen LogP contribution >= 0.6 is 0 Å². The van der Waals surface area contributed by atoms with Crippen LogP contribution in [0.1, 0.15) is 70.6 Å². The molecule has 0 aromatic rings. The summed E-state index contributed by atoms with van der Waals surface area (Å²) in [6, 6.07) is 0. The molecule has 0 unspecified atom stereocenters. The fourth-order valence-electron chi connectivity index (χ4n) is 5.62. The number of hydrogen-bond acceptors (Lipinski definition) is 5. The number of carbonyl (C=O) groups is 3. The Hall–Kier alpha value is -1.89. The summed E-state index contributed by atoms with van der Waals surface area (Å²) in [6.07, 6.45) is 11.9. The highest BCUT2D eigenvalue weighted by Gasteiger charge is 2.61. The van der Waals surface area contributed by atoms with E-state index in [9.17, 15) is 14.4 Å². The number of rotatable bonds is 9. The van der Waals surface area contributed by atoms with Gasteiger partial charge in [0.25, 0.3) is 0 Å². The van der Waals surface area contributed by atoms with Gasteiger partial charge < -0.3 is 19.7 Å². The number of fused-ring (bicyclic) bond motifs is 1. The number of methoxy groups -OCH3 is 2. The van der Waals surface area contributed by atoms with Crippen molar-refractivity contribution in [3.63, 3.8) is 0 Å². The molecule has 7 heteroatoms. The van der Waals surface area contributed by atoms with Crippen molar-refractivity contribution in [1.29, 1.82) is 0 Å². The Morgan fingerprint density at radius 3 is 2.65 bits per heavy atom. The van der Waals surface area contributed by atoms with E-state index in [1.807, 2.05) is 6.08 Å². The molecule has 2 atom stereocenters. The molecule has 2 aliphatic carbocycles. The van der Waals surface area contributed by atoms with Gasteiger partial charge in [0.2, 0.25) is 11.8 Å². The van der Waals surface area contributed by atoms with Crippen molar-refractivity contribution in [2.75, 3.05) is 33.9 Å². The molecule has 174 valence electrons. The molecule has 1 heterocycles. The Morgan fingerprint density at radius 2 is 1.94 bits per heavy atom. The van der Waals surface area contributed by atoms with E-state index in [2.05, 4.69) is 5.32 Å². The van der Waals surface area contributed by atoms with Crippen LogP contribution in [0.25, 0.3) is 0 Å². The molecule has 0 aromatic carbocycles. The van der Waals surface area contributed by atoms with Crippen LogP contribution in [0.15, 0.2) is 11.8 Å². The van der Waals surface area contributed by atoms with Gasteiger partial charge in [-0.3, -0.25) is 14.4 Å². The molecule has 0 bridgehead atoms. The van der Waals surface area contributed by atoms with E-state index in [0.29, 0.717) is 38.5 Å². The predicted octanol–water partition coefficient (Wildman–Crippen LogP) is 3.19. The zero-order valence-electron chi connectivity index (χ0n) is 19.1. The Labute approximate surface area is 185 Å². The SMILES string of the molecule is COCCCN1C(=O)[C@H](CC(=O)NCC2CCCCC2)[C@]2(C(=O)OC)CCCCC=C12. The summed E-state index contributed by atoms with van der Waals surface area (Å²) in [6.45, 7) is 1.68. The lowest BCUT2D eigenvalue weighted by Gasteiger charge is -2.31. The molecule has 2 fully saturated rings. The highest BCUT2D eigenvalue weighted by Crippen LogP contribution is 2.53. The molecule has 31 heavy (non-hydrogen) atoms. The van der Waals surface area contributed by atoms with E-state index in [4.69, 9.17) is 9.47 Å². The van der Waals surface area contributed by atoms with E-state index in [-0.39, 0.29) is 18.2 Å². The van der Waals surface area contributed by atoms with Crippen LogP contribution in [0.2, 0.25) is 0 Å². The third-order valence-corrected chi connectivity index (χ3v) is 7.25. The van der Waals surface area contributed by atoms with Gasteiger partial charge in [-0.2, -0.15) is 0 Å². The number of esters is 1. The molecule has 1 N–H and O–H groups in total. The number of ether oxygens (including phenoxy) is 2. The molecule has 1 saturated heterocycles. The Kier molecular flexibility index (Phi) is 8.52. The summed E-state index contributed by atoms with van der Waals surface area (Å²) in [5, 5.41) is 3.05. The number of carbonyl (C=O) groups excluding carboxylic acids is 3. The van der Waals surface area contributed by atoms with Crippen molar-refractivity contribution in [2.45, 2.75) is 70.6 Å². The van der Waals surface area contributed by atoms with Gasteiger partial charge in [0.05, 0.1) is 13.0 Å². The fraction of sp³-hybridized carbons (Fsp3) is 0.792. The van der Waals surface area contributed by atoms with Crippen molar-refractivity contribution in [1.82, 2.24) is 10.2 Å². The van der Waals surface area contributed by atoms with Crippen LogP contribution in [-0.2, 0) is 23.9 Å². The Balaban J connectivity index is 1.80. The van der Waals surface area contributed by atoms with E-state index in [1.165, 1.54) is 26.4 Å². The fourth-order valence-corrected chi connectivity index (χ4v) is 5.62. The van der Waals surface area contributed by atoms with Crippen LogP contribution in [0.5, 0.6) is 0 Å². The second kappa shape index (κ2) is 11.1. The first-order valence-electron chi connectivity index (χ1n) is 11.9. The van der Waals surface area contributed by atoms with Crippen molar-refractivity contribution in [2.24, 2.45) is 17.3 Å². The first-order chi connectivity index (χ1) is 15.0. The molecular weight excluding hydrogens is 396 g/mol. The van der Waals surface area contributed by atoms with Crippen LogP contribution in [0, 0.1) is 17.3 Å². The number of nitrogens with one attached hydrogen (secondary N) is 1. The number of hydrogen-bond donors (Lipinski definition) is 1. The first-order valence-corrected chi connectivity index (χ1v) is 11.9. The van der Waals surface area contributed by atoms with Gasteiger partial charge in [-0.05, 0) is 44.4 Å². The Morgan fingerprint density at radius 1 is 1.16 bits per heavy atom. The zero-order valence-corrected chi connectivity index (χ0v) is 19.1. The molecule has 0 spiro atoms. The number of nitrogens with zero attached hydrogens (tertiary/aromatic N) is 1. The normalized spacial score (nSPS) is 26.8. The van der Waals surface area contributed by atoms with Crippen LogP contribution in [-0.4, -0.2) is 56.6 Å². The van der Waals surface area contributed by atoms with Crippen molar-refractivity contribution in [3.8, 4) is 0 Å². The Bertz CT molecular complexity index is 685. The molecule has 1 saturated carbocycles. The van der Waals surface area contributed by atoms with Gasteiger partial charge in [-0.25, -0.2) is 0 Å². The average Bonchev–Trinajstić information content (AvgIpc) is 2.93. The molecule has 0 radical (unpaired) electrons. The van der Waals surface area contributed by atoms with Crippen molar-refractivity contribution in [3.05, 3.63) is 11.8 Å². The second-order valence-electron chi connectivity index (χ2n) is 9.20. The van der Waals surface area contributed by atoms with E-state index < -0.39 is 17.3 Å². The maximum Gasteiger partial charge on any atom is 0.318 e. The first kappa shape index (κ1) is 23.8. The van der Waals surface area contributed by atoms with Crippen LogP contribution in [0.4, 0.5) is 0 Å². The quantitative estimate of drug-likeness (QED) is 0.445. The smallest absolute Gasteiger partial charge is 0.318 e. The van der Waals surface area contributed by atoms with Crippen LogP contribution < -0.4 is 5.32 Å². The van der Waals surface area contributed by atoms with Gasteiger partial charge in [-0.1, -0.05) is 31.8 Å². The summed E-state index contributed by atoms with van der Waals surface area (Å²) < 4.78 is 10.4. The monoisotopic (exact) mass is 434 g/mol. The molecule has 1 aliphatic heterocycles. The van der Waals surface area contributed by atoms with E-state index >= 15 is 0 Å². The second-order valence-corrected chi connectivity index (χ2v) is 9.20. The number of amides is 2. The minimum Gasteiger partial charge on any atom is -0.468 e. The highest BCUT2D eigenvalue weighted by atomic mass is 16.5. The lowest BCUT2D eigenvalue weighted by atomic mass is 9.71. The largest absolute Gasteiger partial charge is 0.468 e. The predicted molar refractivity (Wildman–Crippen MR) is 117 cm³/mol. The van der Waals surface area contributed by atoms with E-state index in [1.54, 1.807) is 12.0 Å². The zero-order chi connectivity index (χ0) is 22.3. The third kappa shape index (κ3) is 5.13. The van der Waals surface area contributed by atoms with Crippen molar-refractivity contribution >= 4 is 17.8 Å². The summed E-state index contributed by atoms with van der Waals surface area (Å²) in [5.74, 6) is -0.867.